The highest BCUT2D eigenvalue weighted by atomic mass is 35.5. The highest BCUT2D eigenvalue weighted by molar-refractivity contribution is 6.35. The summed E-state index contributed by atoms with van der Waals surface area (Å²) in [7, 11) is 0. The molecule has 0 bridgehead atoms. The fourth-order valence-electron chi connectivity index (χ4n) is 4.51. The van der Waals surface area contributed by atoms with Gasteiger partial charge in [0.25, 0.3) is 0 Å². The molecule has 168 valence electrons. The van der Waals surface area contributed by atoms with Crippen molar-refractivity contribution < 1.29 is 9.18 Å². The summed E-state index contributed by atoms with van der Waals surface area (Å²) in [5, 5.41) is 8.82. The van der Waals surface area contributed by atoms with Crippen LogP contribution in [0.1, 0.15) is 11.1 Å². The van der Waals surface area contributed by atoms with E-state index in [9.17, 15) is 4.79 Å². The summed E-state index contributed by atoms with van der Waals surface area (Å²) in [4.78, 5) is 24.3. The Kier molecular flexibility index (Phi) is 5.25. The largest absolute Gasteiger partial charge is 0.352 e. The number of nitrogens with one attached hydrogen (secondary N) is 1. The molecule has 1 N–H and O–H groups in total. The molecule has 1 amide bonds. The molecule has 33 heavy (non-hydrogen) atoms. The third-order valence-electron chi connectivity index (χ3n) is 6.37. The van der Waals surface area contributed by atoms with Gasteiger partial charge in [-0.15, -0.1) is 0 Å². The number of benzene rings is 2. The Morgan fingerprint density at radius 1 is 1.18 bits per heavy atom. The zero-order chi connectivity index (χ0) is 23.3. The summed E-state index contributed by atoms with van der Waals surface area (Å²) in [5.41, 5.74) is 3.86. The zero-order valence-electron chi connectivity index (χ0n) is 18.3. The van der Waals surface area contributed by atoms with Gasteiger partial charge in [-0.05, 0) is 43.2 Å². The topological polar surface area (TPSA) is 78.0 Å². The minimum atomic E-state index is -0.494. The molecule has 7 nitrogen and oxygen atoms in total. The van der Waals surface area contributed by atoms with Crippen molar-refractivity contribution in [3.63, 3.8) is 0 Å². The number of nitrogens with zero attached hydrogens (tertiary/aromatic N) is 5. The van der Waals surface area contributed by atoms with Crippen molar-refractivity contribution in [3.05, 3.63) is 59.3 Å². The molecule has 2 aromatic carbocycles. The van der Waals surface area contributed by atoms with Gasteiger partial charge in [-0.3, -0.25) is 9.89 Å². The number of anilines is 1. The van der Waals surface area contributed by atoms with Gasteiger partial charge < -0.3 is 9.80 Å². The molecule has 5 rings (SSSR count). The van der Waals surface area contributed by atoms with Crippen LogP contribution in [0.2, 0.25) is 5.02 Å². The van der Waals surface area contributed by atoms with Crippen LogP contribution in [0.4, 0.5) is 10.2 Å². The quantitative estimate of drug-likeness (QED) is 0.454. The normalized spacial score (nSPS) is 14.3. The average molecular weight is 465 g/mol. The number of aromatic amines is 1. The molecule has 9 heteroatoms. The lowest BCUT2D eigenvalue weighted by atomic mass is 9.93. The lowest BCUT2D eigenvalue weighted by Gasteiger charge is -2.35. The summed E-state index contributed by atoms with van der Waals surface area (Å²) in [6, 6.07) is 3.75. The number of fused-ring (bicyclic) bond motifs is 2. The van der Waals surface area contributed by atoms with Gasteiger partial charge in [0.05, 0.1) is 16.7 Å². The summed E-state index contributed by atoms with van der Waals surface area (Å²) in [6.45, 7) is 9.67. The third kappa shape index (κ3) is 3.41. The molecule has 0 aliphatic carbocycles. The molecular formula is C24H22ClFN6O. The Bertz CT molecular complexity index is 1420. The fraction of sp³-hybridized carbons (Fsp3) is 0.250. The van der Waals surface area contributed by atoms with Crippen molar-refractivity contribution in [2.75, 3.05) is 31.1 Å². The number of hydrogen-bond donors (Lipinski definition) is 1. The van der Waals surface area contributed by atoms with E-state index in [1.165, 1.54) is 12.4 Å². The number of amides is 1. The van der Waals surface area contributed by atoms with Gasteiger partial charge >= 0.3 is 0 Å². The monoisotopic (exact) mass is 464 g/mol. The Balaban J connectivity index is 1.64. The van der Waals surface area contributed by atoms with Gasteiger partial charge in [-0.2, -0.15) is 5.10 Å². The number of piperazine rings is 1. The van der Waals surface area contributed by atoms with E-state index in [0.29, 0.717) is 48.5 Å². The van der Waals surface area contributed by atoms with Crippen LogP contribution in [-0.2, 0) is 4.79 Å². The second kappa shape index (κ2) is 8.12. The highest BCUT2D eigenvalue weighted by Crippen LogP contribution is 2.42. The van der Waals surface area contributed by atoms with E-state index in [2.05, 4.69) is 26.7 Å². The first-order valence-electron chi connectivity index (χ1n) is 10.6. The van der Waals surface area contributed by atoms with Gasteiger partial charge in [0, 0.05) is 48.1 Å². The predicted octanol–water partition coefficient (Wildman–Crippen LogP) is 4.42. The Hall–Kier alpha value is -3.52. The molecule has 4 aromatic rings. The van der Waals surface area contributed by atoms with Gasteiger partial charge in [-0.1, -0.05) is 18.2 Å². The molecule has 0 atom stereocenters. The highest BCUT2D eigenvalue weighted by Gasteiger charge is 2.26. The molecule has 0 spiro atoms. The number of hydrogen-bond acceptors (Lipinski definition) is 5. The molecule has 1 saturated heterocycles. The summed E-state index contributed by atoms with van der Waals surface area (Å²) < 4.78 is 16.0. The number of carbonyl (C=O) groups excluding carboxylic acids is 1. The maximum atomic E-state index is 16.0. The van der Waals surface area contributed by atoms with Crippen LogP contribution in [0, 0.1) is 19.7 Å². The third-order valence-corrected chi connectivity index (χ3v) is 6.67. The van der Waals surface area contributed by atoms with Crippen LogP contribution >= 0.6 is 11.6 Å². The van der Waals surface area contributed by atoms with Gasteiger partial charge in [-0.25, -0.2) is 14.4 Å². The van der Waals surface area contributed by atoms with E-state index >= 15 is 4.39 Å². The average Bonchev–Trinajstić information content (AvgIpc) is 3.28. The van der Waals surface area contributed by atoms with E-state index in [-0.39, 0.29) is 16.4 Å². The van der Waals surface area contributed by atoms with Gasteiger partial charge in [0.15, 0.2) is 5.82 Å². The van der Waals surface area contributed by atoms with E-state index in [1.807, 2.05) is 24.8 Å². The molecule has 3 heterocycles. The second-order valence-corrected chi connectivity index (χ2v) is 8.59. The van der Waals surface area contributed by atoms with Crippen LogP contribution < -0.4 is 4.90 Å². The number of halogens is 2. The molecule has 1 aliphatic heterocycles. The summed E-state index contributed by atoms with van der Waals surface area (Å²) in [6.07, 6.45) is 4.40. The van der Waals surface area contributed by atoms with E-state index < -0.39 is 5.82 Å². The molecule has 2 aromatic heterocycles. The molecule has 1 fully saturated rings. The van der Waals surface area contributed by atoms with Crippen LogP contribution in [0.15, 0.2) is 37.3 Å². The number of aryl methyl sites for hydroxylation is 1. The minimum Gasteiger partial charge on any atom is -0.352 e. The fourth-order valence-corrected chi connectivity index (χ4v) is 4.80. The van der Waals surface area contributed by atoms with E-state index in [1.54, 1.807) is 17.2 Å². The number of aromatic nitrogens is 4. The summed E-state index contributed by atoms with van der Waals surface area (Å²) in [5.74, 6) is 0.0106. The molecule has 0 saturated carbocycles. The first-order chi connectivity index (χ1) is 15.9. The van der Waals surface area contributed by atoms with Crippen LogP contribution in [0.3, 0.4) is 0 Å². The molecule has 0 radical (unpaired) electrons. The lowest BCUT2D eigenvalue weighted by molar-refractivity contribution is -0.126. The molecule has 0 unspecified atom stereocenters. The number of H-pyrrole nitrogens is 1. The van der Waals surface area contributed by atoms with Crippen molar-refractivity contribution in [2.45, 2.75) is 13.8 Å². The van der Waals surface area contributed by atoms with Crippen molar-refractivity contribution >= 4 is 45.1 Å². The Morgan fingerprint density at radius 2 is 1.94 bits per heavy atom. The maximum absolute atomic E-state index is 16.0. The smallest absolute Gasteiger partial charge is 0.246 e. The summed E-state index contributed by atoms with van der Waals surface area (Å²) >= 11 is 6.72. The molecular weight excluding hydrogens is 443 g/mol. The minimum absolute atomic E-state index is 0.0976. The number of carbonyl (C=O) groups is 1. The molecule has 1 aliphatic rings. The van der Waals surface area contributed by atoms with Gasteiger partial charge in [0.2, 0.25) is 5.91 Å². The Labute approximate surface area is 194 Å². The van der Waals surface area contributed by atoms with Crippen molar-refractivity contribution in [1.29, 1.82) is 0 Å². The van der Waals surface area contributed by atoms with E-state index in [4.69, 9.17) is 11.6 Å². The zero-order valence-corrected chi connectivity index (χ0v) is 19.1. The van der Waals surface area contributed by atoms with E-state index in [0.717, 1.165) is 22.0 Å². The lowest BCUT2D eigenvalue weighted by Crippen LogP contribution is -2.48. The Morgan fingerprint density at radius 3 is 2.67 bits per heavy atom. The predicted molar refractivity (Wildman–Crippen MR) is 128 cm³/mol. The standard InChI is InChI=1S/C24H22ClFN6O/c1-4-18(33)31-5-7-32(8-6-31)24-16-10-17(25)20(21(26)23(16)27-12-28-24)19-14(3)13(2)9-15-11-29-30-22(15)19/h4,9-12H,1,5-8H2,2-3H3,(H,29,30). The number of rotatable bonds is 3. The van der Waals surface area contributed by atoms with Crippen LogP contribution in [0.5, 0.6) is 0 Å². The van der Waals surface area contributed by atoms with Crippen molar-refractivity contribution in [1.82, 2.24) is 25.1 Å². The second-order valence-electron chi connectivity index (χ2n) is 8.18. The van der Waals surface area contributed by atoms with Crippen LogP contribution in [-0.4, -0.2) is 57.2 Å². The van der Waals surface area contributed by atoms with Crippen molar-refractivity contribution in [3.8, 4) is 11.1 Å². The SMILES string of the molecule is C=CC(=O)N1CCN(c2ncnc3c(F)c(-c4c(C)c(C)cc5cn[nH]c45)c(Cl)cc23)CC1. The van der Waals surface area contributed by atoms with Gasteiger partial charge in [0.1, 0.15) is 17.7 Å². The van der Waals surface area contributed by atoms with Crippen molar-refractivity contribution in [2.24, 2.45) is 0 Å². The van der Waals surface area contributed by atoms with Crippen LogP contribution in [0.25, 0.3) is 32.9 Å². The maximum Gasteiger partial charge on any atom is 0.246 e. The first-order valence-corrected chi connectivity index (χ1v) is 11.0. The first kappa shape index (κ1) is 21.3.